The number of hydrogen-bond acceptors (Lipinski definition) is 1. The summed E-state index contributed by atoms with van der Waals surface area (Å²) in [6.07, 6.45) is 5.25. The molecule has 64 valence electrons. The number of nitrogens with zero attached hydrogens (tertiary/aromatic N) is 1. The smallest absolute Gasteiger partial charge is 0.0744 e. The normalized spacial score (nSPS) is 18.2. The summed E-state index contributed by atoms with van der Waals surface area (Å²) in [5.41, 5.74) is 5.48. The van der Waals surface area contributed by atoms with Crippen LogP contribution in [0.2, 0.25) is 0 Å². The number of halogens is 1. The summed E-state index contributed by atoms with van der Waals surface area (Å²) < 4.78 is 4.70. The van der Waals surface area contributed by atoms with Gasteiger partial charge < -0.3 is 0 Å². The largest absolute Gasteiger partial charge is 0.256 e. The third kappa shape index (κ3) is 1.12. The second-order valence-electron chi connectivity index (χ2n) is 3.15. The molecule has 2 aliphatic rings. The van der Waals surface area contributed by atoms with Crippen LogP contribution < -0.4 is 0 Å². The molecular formula is C11H8IN. The van der Waals surface area contributed by atoms with Crippen LogP contribution in [0.5, 0.6) is 0 Å². The second-order valence-corrected chi connectivity index (χ2v) is 5.22. The number of aromatic nitrogens is 1. The van der Waals surface area contributed by atoms with Crippen molar-refractivity contribution in [2.75, 3.05) is 0 Å². The molecule has 2 heteroatoms. The van der Waals surface area contributed by atoms with E-state index in [0.717, 1.165) is 6.42 Å². The lowest BCUT2D eigenvalue weighted by molar-refractivity contribution is 1.21. The van der Waals surface area contributed by atoms with Crippen molar-refractivity contribution in [3.05, 3.63) is 45.3 Å². The highest BCUT2D eigenvalue weighted by molar-refractivity contribution is 14.2. The molecule has 0 saturated heterocycles. The molecule has 0 amide bonds. The molecule has 0 radical (unpaired) electrons. The Kier molecular flexibility index (Phi) is 1.68. The van der Waals surface area contributed by atoms with Gasteiger partial charge in [-0.2, -0.15) is 0 Å². The molecule has 1 aromatic rings. The first kappa shape index (κ1) is 7.62. The summed E-state index contributed by atoms with van der Waals surface area (Å²) >= 11 is 0.151. The van der Waals surface area contributed by atoms with Crippen LogP contribution in [0.1, 0.15) is 11.3 Å². The van der Waals surface area contributed by atoms with Crippen molar-refractivity contribution in [1.82, 2.24) is 4.98 Å². The Labute approximate surface area is 86.9 Å². The third-order valence-electron chi connectivity index (χ3n) is 2.38. The molecule has 13 heavy (non-hydrogen) atoms. The van der Waals surface area contributed by atoms with Crippen molar-refractivity contribution < 1.29 is 0 Å². The van der Waals surface area contributed by atoms with Gasteiger partial charge in [0.1, 0.15) is 0 Å². The van der Waals surface area contributed by atoms with Crippen molar-refractivity contribution >= 4 is 30.3 Å². The molecule has 0 fully saturated rings. The minimum atomic E-state index is 0.151. The van der Waals surface area contributed by atoms with E-state index in [2.05, 4.69) is 25.2 Å². The van der Waals surface area contributed by atoms with Crippen molar-refractivity contribution in [3.63, 3.8) is 0 Å². The molecule has 0 spiro atoms. The molecule has 1 aliphatic carbocycles. The Morgan fingerprint density at radius 3 is 3.38 bits per heavy atom. The molecular weight excluding hydrogens is 273 g/mol. The van der Waals surface area contributed by atoms with Gasteiger partial charge in [0.2, 0.25) is 0 Å². The van der Waals surface area contributed by atoms with Crippen LogP contribution in [0.25, 0.3) is 5.57 Å². The lowest BCUT2D eigenvalue weighted by Gasteiger charge is -2.01. The number of rotatable bonds is 0. The lowest BCUT2D eigenvalue weighted by atomic mass is 10.1. The van der Waals surface area contributed by atoms with Gasteiger partial charge in [0, 0.05) is 18.2 Å². The number of pyridine rings is 1. The molecule has 0 aromatic carbocycles. The monoisotopic (exact) mass is 281 g/mol. The first-order valence-electron chi connectivity index (χ1n) is 4.24. The minimum absolute atomic E-state index is 0.151. The van der Waals surface area contributed by atoms with Crippen LogP contribution in [-0.4, -0.2) is 9.00 Å². The highest BCUT2D eigenvalue weighted by atomic mass is 127. The van der Waals surface area contributed by atoms with Gasteiger partial charge in [0.25, 0.3) is 0 Å². The molecule has 0 N–H and O–H groups in total. The predicted molar refractivity (Wildman–Crippen MR) is 64.1 cm³/mol. The van der Waals surface area contributed by atoms with Gasteiger partial charge in [-0.05, 0) is 25.3 Å². The fourth-order valence-electron chi connectivity index (χ4n) is 1.76. The van der Waals surface area contributed by atoms with Gasteiger partial charge in [0.05, 0.1) is 5.69 Å². The molecule has 0 bridgehead atoms. The van der Waals surface area contributed by atoms with E-state index in [1.807, 2.05) is 12.3 Å². The number of allylic oxidation sites excluding steroid dienone is 3. The van der Waals surface area contributed by atoms with Gasteiger partial charge in [-0.15, -0.1) is 0 Å². The first-order valence-corrected chi connectivity index (χ1v) is 6.73. The van der Waals surface area contributed by atoms with Gasteiger partial charge in [-0.25, -0.2) is 0 Å². The molecule has 1 nitrogen and oxygen atoms in total. The van der Waals surface area contributed by atoms with E-state index >= 15 is 0 Å². The quantitative estimate of drug-likeness (QED) is 0.666. The maximum Gasteiger partial charge on any atom is 0.0744 e. The summed E-state index contributed by atoms with van der Waals surface area (Å²) in [7, 11) is 0. The molecule has 3 rings (SSSR count). The molecule has 2 heterocycles. The van der Waals surface area contributed by atoms with E-state index in [4.69, 9.17) is 0 Å². The van der Waals surface area contributed by atoms with Crippen LogP contribution in [0, 0.1) is 0 Å². The Morgan fingerprint density at radius 1 is 1.38 bits per heavy atom. The van der Waals surface area contributed by atoms with Crippen molar-refractivity contribution in [3.8, 4) is 0 Å². The van der Waals surface area contributed by atoms with Crippen LogP contribution >= 0.6 is 20.7 Å². The number of fused-ring (bicyclic) bond motifs is 3. The maximum atomic E-state index is 4.44. The zero-order valence-corrected chi connectivity index (χ0v) is 9.15. The van der Waals surface area contributed by atoms with E-state index in [0.29, 0.717) is 0 Å². The average molecular weight is 281 g/mol. The first-order chi connectivity index (χ1) is 6.45. The Balaban J connectivity index is 2.27. The molecule has 0 saturated carbocycles. The highest BCUT2D eigenvalue weighted by Crippen LogP contribution is 2.37. The van der Waals surface area contributed by atoms with Crippen molar-refractivity contribution in [2.24, 2.45) is 0 Å². The third-order valence-corrected chi connectivity index (χ3v) is 4.14. The van der Waals surface area contributed by atoms with E-state index in [1.165, 1.54) is 22.4 Å². The Bertz CT molecular complexity index is 455. The second kappa shape index (κ2) is 2.87. The van der Waals surface area contributed by atoms with Crippen molar-refractivity contribution in [1.29, 1.82) is 0 Å². The lowest BCUT2D eigenvalue weighted by Crippen LogP contribution is -1.85. The average Bonchev–Trinajstić information content (AvgIpc) is 2.56. The topological polar surface area (TPSA) is 12.9 Å². The van der Waals surface area contributed by atoms with Gasteiger partial charge in [0.15, 0.2) is 0 Å². The zero-order chi connectivity index (χ0) is 8.67. The zero-order valence-electron chi connectivity index (χ0n) is 7.00. The minimum Gasteiger partial charge on any atom is -0.256 e. The fraction of sp³-hybridized carbons (Fsp3) is 0.0909. The number of hydrogen-bond donors (Lipinski definition) is 0. The maximum absolute atomic E-state index is 4.44. The van der Waals surface area contributed by atoms with Gasteiger partial charge in [-0.3, -0.25) is 4.98 Å². The summed E-state index contributed by atoms with van der Waals surface area (Å²) in [4.78, 5) is 4.44. The Hall–Kier alpha value is -0.770. The predicted octanol–water partition coefficient (Wildman–Crippen LogP) is 2.69. The molecule has 0 unspecified atom stereocenters. The van der Waals surface area contributed by atoms with E-state index < -0.39 is 0 Å². The molecule has 1 aliphatic heterocycles. The van der Waals surface area contributed by atoms with Crippen LogP contribution in [0.4, 0.5) is 0 Å². The van der Waals surface area contributed by atoms with Crippen LogP contribution in [-0.2, 0) is 6.42 Å². The summed E-state index contributed by atoms with van der Waals surface area (Å²) in [6, 6.07) is 4.21. The van der Waals surface area contributed by atoms with Crippen molar-refractivity contribution in [2.45, 2.75) is 6.42 Å². The van der Waals surface area contributed by atoms with Gasteiger partial charge >= 0.3 is 0 Å². The van der Waals surface area contributed by atoms with E-state index in [1.54, 1.807) is 0 Å². The van der Waals surface area contributed by atoms with Gasteiger partial charge in [-0.1, -0.05) is 32.9 Å². The van der Waals surface area contributed by atoms with Crippen LogP contribution in [0.3, 0.4) is 0 Å². The Morgan fingerprint density at radius 2 is 2.38 bits per heavy atom. The summed E-state index contributed by atoms with van der Waals surface area (Å²) in [6.45, 7) is 0. The van der Waals surface area contributed by atoms with E-state index in [-0.39, 0.29) is 20.7 Å². The van der Waals surface area contributed by atoms with E-state index in [9.17, 15) is 0 Å². The molecule has 0 atom stereocenters. The fourth-order valence-corrected chi connectivity index (χ4v) is 3.66. The SMILES string of the molecule is C1=IC=C2C(=C1)Cc1cccnc12. The van der Waals surface area contributed by atoms with Crippen LogP contribution in [0.15, 0.2) is 34.1 Å². The summed E-state index contributed by atoms with van der Waals surface area (Å²) in [5, 5.41) is 0. The standard InChI is InChI=1S/C11H8IN/c1-2-9-6-8-3-4-12-7-10(8)11(9)13-5-1/h1-5,7H,6H2. The summed E-state index contributed by atoms with van der Waals surface area (Å²) in [5.74, 6) is 0. The molecule has 1 aromatic heterocycles. The highest BCUT2D eigenvalue weighted by Gasteiger charge is 2.21.